The van der Waals surface area contributed by atoms with E-state index in [2.05, 4.69) is 132 Å². The van der Waals surface area contributed by atoms with Gasteiger partial charge in [0.1, 0.15) is 0 Å². The van der Waals surface area contributed by atoms with E-state index in [9.17, 15) is 0 Å². The largest absolute Gasteiger partial charge is 0.310 e. The number of benzene rings is 6. The Morgan fingerprint density at radius 3 is 1.68 bits per heavy atom. The highest BCUT2D eigenvalue weighted by molar-refractivity contribution is 7.26. The van der Waals surface area contributed by atoms with E-state index in [0.29, 0.717) is 0 Å². The summed E-state index contributed by atoms with van der Waals surface area (Å²) in [6, 6.07) is 48.0. The van der Waals surface area contributed by atoms with Crippen LogP contribution in [-0.2, 0) is 0 Å². The molecule has 0 fully saturated rings. The molecule has 0 amide bonds. The van der Waals surface area contributed by atoms with Crippen LogP contribution in [0.4, 0.5) is 17.1 Å². The summed E-state index contributed by atoms with van der Waals surface area (Å²) < 4.78 is 5.10. The lowest BCUT2D eigenvalue weighted by atomic mass is 10.0. The van der Waals surface area contributed by atoms with Crippen molar-refractivity contribution in [3.05, 3.63) is 138 Å². The molecule has 0 aliphatic carbocycles. The third-order valence-electron chi connectivity index (χ3n) is 7.53. The van der Waals surface area contributed by atoms with Crippen molar-refractivity contribution in [2.45, 2.75) is 0 Å². The fourth-order valence-corrected chi connectivity index (χ4v) is 8.06. The highest BCUT2D eigenvalue weighted by atomic mass is 35.5. The van der Waals surface area contributed by atoms with Gasteiger partial charge in [0, 0.05) is 62.4 Å². The van der Waals surface area contributed by atoms with Gasteiger partial charge in [0.2, 0.25) is 0 Å². The quantitative estimate of drug-likeness (QED) is 0.204. The second-order valence-electron chi connectivity index (χ2n) is 9.95. The Balaban J connectivity index is 1.33. The average molecular weight is 568 g/mol. The van der Waals surface area contributed by atoms with Crippen molar-refractivity contribution >= 4 is 91.7 Å². The smallest absolute Gasteiger partial charge is 0.0468 e. The molecular formula is C36H22ClNS2. The monoisotopic (exact) mass is 567 g/mol. The third-order valence-corrected chi connectivity index (χ3v) is 10.0. The number of rotatable bonds is 4. The highest BCUT2D eigenvalue weighted by Gasteiger charge is 2.17. The molecule has 8 aromatic rings. The van der Waals surface area contributed by atoms with E-state index in [0.717, 1.165) is 22.1 Å². The van der Waals surface area contributed by atoms with Gasteiger partial charge in [0.05, 0.1) is 0 Å². The average Bonchev–Trinajstić information content (AvgIpc) is 3.55. The Hall–Kier alpha value is -4.15. The van der Waals surface area contributed by atoms with E-state index in [1.165, 1.54) is 51.5 Å². The Bertz CT molecular complexity index is 2180. The summed E-state index contributed by atoms with van der Waals surface area (Å²) in [6.45, 7) is 0. The van der Waals surface area contributed by atoms with E-state index < -0.39 is 0 Å². The molecule has 0 aliphatic heterocycles. The van der Waals surface area contributed by atoms with Crippen LogP contribution in [0.25, 0.3) is 51.5 Å². The molecule has 0 radical (unpaired) electrons. The minimum absolute atomic E-state index is 0.774. The minimum atomic E-state index is 0.774. The van der Waals surface area contributed by atoms with E-state index in [1.807, 2.05) is 17.4 Å². The van der Waals surface area contributed by atoms with Crippen LogP contribution < -0.4 is 4.90 Å². The van der Waals surface area contributed by atoms with Crippen LogP contribution in [0, 0.1) is 0 Å². The summed E-state index contributed by atoms with van der Waals surface area (Å²) in [5.41, 5.74) is 5.83. The summed E-state index contributed by atoms with van der Waals surface area (Å²) in [5, 5.41) is 5.86. The van der Waals surface area contributed by atoms with Crippen molar-refractivity contribution < 1.29 is 0 Å². The Labute approximate surface area is 245 Å². The molecule has 2 heterocycles. The lowest BCUT2D eigenvalue weighted by Crippen LogP contribution is -2.09. The zero-order chi connectivity index (χ0) is 26.6. The molecule has 2 aromatic heterocycles. The molecule has 4 heteroatoms. The molecule has 0 spiro atoms. The van der Waals surface area contributed by atoms with Gasteiger partial charge in [-0.2, -0.15) is 0 Å². The number of hydrogen-bond acceptors (Lipinski definition) is 3. The number of anilines is 3. The number of halogens is 1. The minimum Gasteiger partial charge on any atom is -0.310 e. The van der Waals surface area contributed by atoms with Gasteiger partial charge in [0.25, 0.3) is 0 Å². The Morgan fingerprint density at radius 2 is 0.950 bits per heavy atom. The second kappa shape index (κ2) is 9.50. The van der Waals surface area contributed by atoms with Crippen LogP contribution in [0.5, 0.6) is 0 Å². The molecule has 0 saturated heterocycles. The van der Waals surface area contributed by atoms with Crippen molar-refractivity contribution in [1.29, 1.82) is 0 Å². The molecule has 190 valence electrons. The maximum atomic E-state index is 6.32. The van der Waals surface area contributed by atoms with Crippen LogP contribution in [0.2, 0.25) is 5.02 Å². The van der Waals surface area contributed by atoms with Gasteiger partial charge in [-0.1, -0.05) is 78.3 Å². The first-order valence-corrected chi connectivity index (χ1v) is 15.2. The van der Waals surface area contributed by atoms with Gasteiger partial charge in [0.15, 0.2) is 0 Å². The highest BCUT2D eigenvalue weighted by Crippen LogP contribution is 2.43. The normalized spacial score (nSPS) is 11.6. The predicted octanol–water partition coefficient (Wildman–Crippen LogP) is 12.2. The molecule has 1 nitrogen and oxygen atoms in total. The first-order chi connectivity index (χ1) is 19.7. The third kappa shape index (κ3) is 3.98. The molecule has 8 rings (SSSR count). The number of hydrogen-bond donors (Lipinski definition) is 0. The van der Waals surface area contributed by atoms with Crippen molar-refractivity contribution in [3.63, 3.8) is 0 Å². The zero-order valence-electron chi connectivity index (χ0n) is 21.3. The van der Waals surface area contributed by atoms with Gasteiger partial charge >= 0.3 is 0 Å². The maximum absolute atomic E-state index is 6.32. The van der Waals surface area contributed by atoms with Crippen molar-refractivity contribution in [2.75, 3.05) is 4.90 Å². The van der Waals surface area contributed by atoms with Gasteiger partial charge < -0.3 is 4.90 Å². The lowest BCUT2D eigenvalue weighted by Gasteiger charge is -2.26. The molecule has 0 aliphatic rings. The summed E-state index contributed by atoms with van der Waals surface area (Å²) >= 11 is 9.97. The van der Waals surface area contributed by atoms with Crippen LogP contribution in [0.15, 0.2) is 133 Å². The van der Waals surface area contributed by atoms with Crippen LogP contribution in [-0.4, -0.2) is 0 Å². The van der Waals surface area contributed by atoms with Crippen LogP contribution in [0.1, 0.15) is 0 Å². The van der Waals surface area contributed by atoms with Crippen molar-refractivity contribution in [1.82, 2.24) is 0 Å². The van der Waals surface area contributed by atoms with Crippen LogP contribution >= 0.6 is 34.3 Å². The molecule has 0 bridgehead atoms. The standard InChI is InChI=1S/C36H22ClNS2/c37-25-12-17-30-32-22-28(16-19-35(32)40-36(30)20-25)38(26-13-10-24(11-14-26)23-6-2-1-3-7-23)27-15-18-34-31(21-27)29-8-4-5-9-33(29)39-34/h1-22H. The topological polar surface area (TPSA) is 3.24 Å². The number of thiophene rings is 2. The zero-order valence-corrected chi connectivity index (χ0v) is 23.7. The van der Waals surface area contributed by atoms with Gasteiger partial charge in [-0.25, -0.2) is 0 Å². The first kappa shape index (κ1) is 23.7. The molecule has 6 aromatic carbocycles. The molecular weight excluding hydrogens is 546 g/mol. The predicted molar refractivity (Wildman–Crippen MR) is 177 cm³/mol. The van der Waals surface area contributed by atoms with Crippen LogP contribution in [0.3, 0.4) is 0 Å². The Kier molecular flexibility index (Phi) is 5.63. The SMILES string of the molecule is Clc1ccc2c(c1)sc1ccc(N(c3ccc(-c4ccccc4)cc3)c3ccc4sc5ccccc5c4c3)cc12. The molecule has 40 heavy (non-hydrogen) atoms. The van der Waals surface area contributed by atoms with E-state index in [-0.39, 0.29) is 0 Å². The van der Waals surface area contributed by atoms with Gasteiger partial charge in [-0.15, -0.1) is 22.7 Å². The fourth-order valence-electron chi connectivity index (χ4n) is 5.61. The fraction of sp³-hybridized carbons (Fsp3) is 0. The molecule has 0 N–H and O–H groups in total. The maximum Gasteiger partial charge on any atom is 0.0468 e. The molecule has 0 atom stereocenters. The number of fused-ring (bicyclic) bond motifs is 6. The summed E-state index contributed by atoms with van der Waals surface area (Å²) in [6.07, 6.45) is 0. The lowest BCUT2D eigenvalue weighted by molar-refractivity contribution is 1.30. The van der Waals surface area contributed by atoms with E-state index in [1.54, 1.807) is 11.3 Å². The summed E-state index contributed by atoms with van der Waals surface area (Å²) in [4.78, 5) is 2.37. The molecule has 0 saturated carbocycles. The summed E-state index contributed by atoms with van der Waals surface area (Å²) in [7, 11) is 0. The van der Waals surface area contributed by atoms with Gasteiger partial charge in [-0.05, 0) is 77.9 Å². The van der Waals surface area contributed by atoms with E-state index >= 15 is 0 Å². The van der Waals surface area contributed by atoms with Crippen molar-refractivity contribution in [2.24, 2.45) is 0 Å². The number of nitrogens with zero attached hydrogens (tertiary/aromatic N) is 1. The summed E-state index contributed by atoms with van der Waals surface area (Å²) in [5.74, 6) is 0. The van der Waals surface area contributed by atoms with E-state index in [4.69, 9.17) is 11.6 Å². The van der Waals surface area contributed by atoms with Crippen molar-refractivity contribution in [3.8, 4) is 11.1 Å². The molecule has 0 unspecified atom stereocenters. The second-order valence-corrected chi connectivity index (χ2v) is 12.6. The Morgan fingerprint density at radius 1 is 0.400 bits per heavy atom. The van der Waals surface area contributed by atoms with Gasteiger partial charge in [-0.3, -0.25) is 0 Å². The first-order valence-electron chi connectivity index (χ1n) is 13.2.